The first-order valence-corrected chi connectivity index (χ1v) is 8.51. The molecule has 0 aromatic rings. The number of carbonyl (C=O) groups excluding carboxylic acids is 4. The van der Waals surface area contributed by atoms with E-state index < -0.39 is 79.6 Å². The summed E-state index contributed by atoms with van der Waals surface area (Å²) in [7, 11) is 0. The van der Waals surface area contributed by atoms with Crippen molar-refractivity contribution < 1.29 is 44.4 Å². The molecule has 0 aromatic heterocycles. The molecule has 0 bridgehead atoms. The number of nitrogens with two attached hydrogens (primary N) is 1. The van der Waals surface area contributed by atoms with Crippen molar-refractivity contribution in [2.45, 2.75) is 44.1 Å². The minimum absolute atomic E-state index is 0.456. The molecule has 0 aliphatic heterocycles. The van der Waals surface area contributed by atoms with Crippen LogP contribution in [0.2, 0.25) is 0 Å². The van der Waals surface area contributed by atoms with Crippen LogP contribution in [0.3, 0.4) is 0 Å². The molecule has 0 aliphatic carbocycles. The van der Waals surface area contributed by atoms with E-state index in [2.05, 4.69) is 10.6 Å². The predicted octanol–water partition coefficient (Wildman–Crippen LogP) is -5.65. The Morgan fingerprint density at radius 1 is 0.828 bits per heavy atom. The highest BCUT2D eigenvalue weighted by Gasteiger charge is 2.31. The highest BCUT2D eigenvalue weighted by Crippen LogP contribution is 1.97. The van der Waals surface area contributed by atoms with Crippen LogP contribution in [0.1, 0.15) is 13.8 Å². The van der Waals surface area contributed by atoms with E-state index in [0.29, 0.717) is 0 Å². The van der Waals surface area contributed by atoms with Crippen molar-refractivity contribution in [2.24, 2.45) is 5.73 Å². The minimum atomic E-state index is -1.60. The zero-order valence-electron chi connectivity index (χ0n) is 15.9. The number of hydrogen-bond donors (Lipinski definition) is 9. The quantitative estimate of drug-likeness (QED) is 0.145. The van der Waals surface area contributed by atoms with E-state index in [1.807, 2.05) is 10.6 Å². The average molecular weight is 421 g/mol. The summed E-state index contributed by atoms with van der Waals surface area (Å²) in [6.45, 7) is 0.103. The number of carboxylic acids is 1. The highest BCUT2D eigenvalue weighted by atomic mass is 16.4. The summed E-state index contributed by atoms with van der Waals surface area (Å²) in [5, 5.41) is 45.3. The predicted molar refractivity (Wildman–Crippen MR) is 95.9 cm³/mol. The Morgan fingerprint density at radius 2 is 1.28 bits per heavy atom. The van der Waals surface area contributed by atoms with E-state index in [1.54, 1.807) is 0 Å². The molecule has 0 radical (unpaired) electrons. The van der Waals surface area contributed by atoms with Gasteiger partial charge >= 0.3 is 5.97 Å². The van der Waals surface area contributed by atoms with Crippen molar-refractivity contribution in [3.8, 4) is 0 Å². The van der Waals surface area contributed by atoms with E-state index >= 15 is 0 Å². The molecule has 29 heavy (non-hydrogen) atoms. The smallest absolute Gasteiger partial charge is 0.325 e. The number of aliphatic carboxylic acids is 1. The second-order valence-corrected chi connectivity index (χ2v) is 6.05. The summed E-state index contributed by atoms with van der Waals surface area (Å²) in [4.78, 5) is 58.4. The van der Waals surface area contributed by atoms with Gasteiger partial charge in [-0.25, -0.2) is 0 Å². The largest absolute Gasteiger partial charge is 0.480 e. The molecule has 0 aromatic carbocycles. The van der Waals surface area contributed by atoms with Crippen LogP contribution in [-0.4, -0.2) is 100 Å². The van der Waals surface area contributed by atoms with E-state index in [9.17, 15) is 39.3 Å². The van der Waals surface area contributed by atoms with Gasteiger partial charge in [0.2, 0.25) is 23.6 Å². The monoisotopic (exact) mass is 421 g/mol. The van der Waals surface area contributed by atoms with Crippen LogP contribution in [-0.2, 0) is 24.0 Å². The maximum absolute atomic E-state index is 12.2. The van der Waals surface area contributed by atoms with Crippen molar-refractivity contribution >= 4 is 29.6 Å². The molecule has 0 spiro atoms. The third kappa shape index (κ3) is 8.82. The number of nitrogens with one attached hydrogen (secondary N) is 4. The summed E-state index contributed by atoms with van der Waals surface area (Å²) < 4.78 is 0. The van der Waals surface area contributed by atoms with Gasteiger partial charge in [-0.3, -0.25) is 24.0 Å². The Hall–Kier alpha value is -2.81. The van der Waals surface area contributed by atoms with Crippen molar-refractivity contribution in [1.29, 1.82) is 0 Å². The zero-order chi connectivity index (χ0) is 22.7. The molecular weight excluding hydrogens is 394 g/mol. The Balaban J connectivity index is 5.08. The van der Waals surface area contributed by atoms with Gasteiger partial charge in [0, 0.05) is 0 Å². The number of hydrogen-bond acceptors (Lipinski definition) is 9. The van der Waals surface area contributed by atoms with Crippen LogP contribution in [0, 0.1) is 0 Å². The molecule has 0 saturated heterocycles. The molecule has 4 amide bonds. The van der Waals surface area contributed by atoms with Crippen LogP contribution >= 0.6 is 0 Å². The van der Waals surface area contributed by atoms with Gasteiger partial charge in [0.25, 0.3) is 0 Å². The normalized spacial score (nSPS) is 15.8. The Bertz CT molecular complexity index is 613. The first-order chi connectivity index (χ1) is 13.5. The maximum Gasteiger partial charge on any atom is 0.325 e. The van der Waals surface area contributed by atoms with Crippen LogP contribution in [0.25, 0.3) is 0 Å². The summed E-state index contributed by atoms with van der Waals surface area (Å²) in [6.07, 6.45) is -1.36. The fraction of sp³-hybridized carbons (Fsp3) is 0.667. The Morgan fingerprint density at radius 3 is 1.66 bits per heavy atom. The molecule has 5 atom stereocenters. The molecule has 0 aliphatic rings. The van der Waals surface area contributed by atoms with Crippen molar-refractivity contribution in [3.63, 3.8) is 0 Å². The number of aliphatic hydroxyl groups is 3. The number of carboxylic acid groups (broad SMARTS) is 1. The van der Waals surface area contributed by atoms with E-state index in [4.69, 9.17) is 10.8 Å². The Kier molecular flexibility index (Phi) is 11.4. The summed E-state index contributed by atoms with van der Waals surface area (Å²) in [5.41, 5.74) is 5.12. The SMILES string of the molecule is C[C@H](NC(=O)[C@H](CO)NC(=O)[C@H](CO)NC(=O)[C@@H](NC(=O)CN)[C@@H](C)O)C(=O)O. The summed E-state index contributed by atoms with van der Waals surface area (Å²) >= 11 is 0. The first kappa shape index (κ1) is 26.2. The van der Waals surface area contributed by atoms with Crippen molar-refractivity contribution in [3.05, 3.63) is 0 Å². The minimum Gasteiger partial charge on any atom is -0.480 e. The molecule has 0 saturated carbocycles. The number of amides is 4. The van der Waals surface area contributed by atoms with Crippen LogP contribution in [0.5, 0.6) is 0 Å². The fourth-order valence-corrected chi connectivity index (χ4v) is 1.94. The Labute approximate surface area is 165 Å². The second-order valence-electron chi connectivity index (χ2n) is 6.05. The number of aliphatic hydroxyl groups excluding tert-OH is 3. The van der Waals surface area contributed by atoms with Gasteiger partial charge in [0.05, 0.1) is 25.9 Å². The molecule has 0 heterocycles. The van der Waals surface area contributed by atoms with E-state index in [0.717, 1.165) is 0 Å². The van der Waals surface area contributed by atoms with Crippen LogP contribution in [0.15, 0.2) is 0 Å². The lowest BCUT2D eigenvalue weighted by atomic mass is 10.1. The van der Waals surface area contributed by atoms with Gasteiger partial charge < -0.3 is 47.4 Å². The standard InChI is InChI=1S/C15H27N5O9/c1-6(15(28)29)17-12(25)8(4-21)18-13(26)9(5-22)19-14(27)11(7(2)23)20-10(24)3-16/h6-9,11,21-23H,3-5,16H2,1-2H3,(H,17,25)(H,18,26)(H,19,27)(H,20,24)(H,28,29)/t6-,7+,8-,9-,11-/m0/s1. The van der Waals surface area contributed by atoms with Gasteiger partial charge in [-0.15, -0.1) is 0 Å². The summed E-state index contributed by atoms with van der Waals surface area (Å²) in [5.74, 6) is -5.19. The van der Waals surface area contributed by atoms with Gasteiger partial charge in [0.15, 0.2) is 0 Å². The topological polar surface area (TPSA) is 240 Å². The van der Waals surface area contributed by atoms with E-state index in [-0.39, 0.29) is 0 Å². The molecule has 14 heteroatoms. The second kappa shape index (κ2) is 12.6. The lowest BCUT2D eigenvalue weighted by molar-refractivity contribution is -0.142. The van der Waals surface area contributed by atoms with Crippen molar-refractivity contribution in [1.82, 2.24) is 21.3 Å². The molecular formula is C15H27N5O9. The molecule has 0 unspecified atom stereocenters. The maximum atomic E-state index is 12.2. The van der Waals surface area contributed by atoms with Gasteiger partial charge in [-0.1, -0.05) is 0 Å². The average Bonchev–Trinajstić information content (AvgIpc) is 2.66. The summed E-state index contributed by atoms with van der Waals surface area (Å²) in [6, 6.07) is -5.92. The third-order valence-corrected chi connectivity index (χ3v) is 3.63. The van der Waals surface area contributed by atoms with Crippen LogP contribution < -0.4 is 27.0 Å². The molecule has 10 N–H and O–H groups in total. The van der Waals surface area contributed by atoms with Gasteiger partial charge in [-0.05, 0) is 13.8 Å². The molecule has 166 valence electrons. The zero-order valence-corrected chi connectivity index (χ0v) is 15.9. The van der Waals surface area contributed by atoms with Gasteiger partial charge in [0.1, 0.15) is 24.2 Å². The first-order valence-electron chi connectivity index (χ1n) is 8.51. The number of rotatable bonds is 12. The highest BCUT2D eigenvalue weighted by molar-refractivity contribution is 5.95. The van der Waals surface area contributed by atoms with Crippen molar-refractivity contribution in [2.75, 3.05) is 19.8 Å². The lowest BCUT2D eigenvalue weighted by Gasteiger charge is -2.25. The van der Waals surface area contributed by atoms with Gasteiger partial charge in [-0.2, -0.15) is 0 Å². The fourth-order valence-electron chi connectivity index (χ4n) is 1.94. The molecule has 14 nitrogen and oxygen atoms in total. The van der Waals surface area contributed by atoms with Crippen LogP contribution in [0.4, 0.5) is 0 Å². The third-order valence-electron chi connectivity index (χ3n) is 3.63. The lowest BCUT2D eigenvalue weighted by Crippen LogP contribution is -2.60. The molecule has 0 rings (SSSR count). The van der Waals surface area contributed by atoms with E-state index in [1.165, 1.54) is 13.8 Å². The molecule has 0 fully saturated rings. The number of carbonyl (C=O) groups is 5.